The van der Waals surface area contributed by atoms with Crippen LogP contribution >= 0.6 is 0 Å². The Hall–Kier alpha value is -1.92. The molecule has 20 heavy (non-hydrogen) atoms. The Morgan fingerprint density at radius 1 is 1.40 bits per heavy atom. The summed E-state index contributed by atoms with van der Waals surface area (Å²) in [5, 5.41) is 13.0. The van der Waals surface area contributed by atoms with E-state index < -0.39 is 30.0 Å². The van der Waals surface area contributed by atoms with Crippen LogP contribution < -0.4 is 5.11 Å². The summed E-state index contributed by atoms with van der Waals surface area (Å²) in [6.07, 6.45) is -0.401. The number of hydrogen-bond donors (Lipinski definition) is 0. The van der Waals surface area contributed by atoms with Crippen LogP contribution in [0.2, 0.25) is 0 Å². The Balaban J connectivity index is 2.03. The van der Waals surface area contributed by atoms with Gasteiger partial charge in [0.15, 0.2) is 6.10 Å². The molecule has 1 fully saturated rings. The topological polar surface area (TPSA) is 78.9 Å². The van der Waals surface area contributed by atoms with Gasteiger partial charge in [0.1, 0.15) is 0 Å². The number of carboxylic acids is 1. The van der Waals surface area contributed by atoms with Crippen LogP contribution in [0.25, 0.3) is 0 Å². The van der Waals surface area contributed by atoms with Crippen LogP contribution in [0.1, 0.15) is 17.2 Å². The number of carboxylic acid groups (broad SMARTS) is 1. The van der Waals surface area contributed by atoms with E-state index in [1.165, 1.54) is 7.11 Å². The van der Waals surface area contributed by atoms with E-state index in [1.807, 2.05) is 24.3 Å². The van der Waals surface area contributed by atoms with Gasteiger partial charge in [-0.2, -0.15) is 5.06 Å². The van der Waals surface area contributed by atoms with Gasteiger partial charge < -0.3 is 14.6 Å². The second-order valence-electron chi connectivity index (χ2n) is 4.93. The molecule has 3 atom stereocenters. The Morgan fingerprint density at radius 2 is 2.15 bits per heavy atom. The van der Waals surface area contributed by atoms with Crippen molar-refractivity contribution in [1.82, 2.24) is 5.06 Å². The molecule has 6 heteroatoms. The predicted octanol–water partition coefficient (Wildman–Crippen LogP) is -0.561. The first-order valence-electron chi connectivity index (χ1n) is 6.43. The zero-order valence-electron chi connectivity index (χ0n) is 10.9. The van der Waals surface area contributed by atoms with Crippen LogP contribution in [0, 0.1) is 5.92 Å². The van der Waals surface area contributed by atoms with E-state index in [0.717, 1.165) is 17.5 Å². The van der Waals surface area contributed by atoms with E-state index in [9.17, 15) is 14.7 Å². The summed E-state index contributed by atoms with van der Waals surface area (Å²) in [6.45, 7) is 0.541. The molecule has 0 radical (unpaired) electrons. The molecule has 1 aromatic carbocycles. The lowest BCUT2D eigenvalue weighted by atomic mass is 9.84. The standard InChI is InChI=1S/C14H15NO5/c1-19-14(18)12-10(13(16)17)11-9-5-3-2-4-8(9)6-7-15(11)20-12/h2-5,10-12H,6-7H2,1H3,(H,16,17)/p-1/t10-,11?,12+/m1/s1. The molecule has 2 aliphatic rings. The molecule has 2 heterocycles. The first-order valence-corrected chi connectivity index (χ1v) is 6.43. The molecule has 0 N–H and O–H groups in total. The van der Waals surface area contributed by atoms with Crippen LogP contribution in [0.4, 0.5) is 0 Å². The summed E-state index contributed by atoms with van der Waals surface area (Å²) < 4.78 is 4.63. The number of benzene rings is 1. The molecule has 6 nitrogen and oxygen atoms in total. The highest BCUT2D eigenvalue weighted by Gasteiger charge is 2.50. The van der Waals surface area contributed by atoms with Crippen LogP contribution in [0.5, 0.6) is 0 Å². The summed E-state index contributed by atoms with van der Waals surface area (Å²) in [4.78, 5) is 28.7. The number of hydroxylamine groups is 2. The third-order valence-corrected chi connectivity index (χ3v) is 3.91. The Kier molecular flexibility index (Phi) is 3.19. The predicted molar refractivity (Wildman–Crippen MR) is 65.0 cm³/mol. The smallest absolute Gasteiger partial charge is 0.337 e. The fraction of sp³-hybridized carbons (Fsp3) is 0.429. The molecule has 106 valence electrons. The number of carbonyl (C=O) groups is 2. The van der Waals surface area contributed by atoms with Crippen molar-refractivity contribution in [2.45, 2.75) is 18.6 Å². The molecular formula is C14H14NO5-. The molecule has 1 unspecified atom stereocenters. The van der Waals surface area contributed by atoms with Gasteiger partial charge in [0.25, 0.3) is 0 Å². The maximum Gasteiger partial charge on any atom is 0.337 e. The van der Waals surface area contributed by atoms with Crippen molar-refractivity contribution in [3.8, 4) is 0 Å². The number of hydrogen-bond acceptors (Lipinski definition) is 6. The molecule has 0 saturated carbocycles. The summed E-state index contributed by atoms with van der Waals surface area (Å²) in [7, 11) is 1.21. The highest BCUT2D eigenvalue weighted by Crippen LogP contribution is 2.43. The second-order valence-corrected chi connectivity index (χ2v) is 4.93. The SMILES string of the molecule is COC(=O)[C@H]1ON2CCc3ccccc3C2[C@H]1C(=O)[O-]. The Labute approximate surface area is 115 Å². The first-order chi connectivity index (χ1) is 9.63. The van der Waals surface area contributed by atoms with Crippen LogP contribution in [0.3, 0.4) is 0 Å². The molecule has 0 aliphatic carbocycles. The third-order valence-electron chi connectivity index (χ3n) is 3.91. The van der Waals surface area contributed by atoms with Gasteiger partial charge in [0, 0.05) is 12.5 Å². The molecule has 0 amide bonds. The second kappa shape index (κ2) is 4.88. The van der Waals surface area contributed by atoms with Gasteiger partial charge in [-0.05, 0) is 17.5 Å². The molecule has 2 aliphatic heterocycles. The summed E-state index contributed by atoms with van der Waals surface area (Å²) in [6, 6.07) is 7.08. The third kappa shape index (κ3) is 1.88. The first kappa shape index (κ1) is 13.1. The van der Waals surface area contributed by atoms with Gasteiger partial charge in [-0.1, -0.05) is 24.3 Å². The number of methoxy groups -OCH3 is 1. The molecular weight excluding hydrogens is 262 g/mol. The summed E-state index contributed by atoms with van der Waals surface area (Å²) in [5.74, 6) is -3.06. The number of carbonyl (C=O) groups excluding carboxylic acids is 2. The largest absolute Gasteiger partial charge is 0.550 e. The van der Waals surface area contributed by atoms with Gasteiger partial charge in [-0.15, -0.1) is 0 Å². The Morgan fingerprint density at radius 3 is 2.85 bits per heavy atom. The number of nitrogens with zero attached hydrogens (tertiary/aromatic N) is 1. The molecule has 0 spiro atoms. The van der Waals surface area contributed by atoms with Crippen molar-refractivity contribution in [3.05, 3.63) is 35.4 Å². The van der Waals surface area contributed by atoms with E-state index >= 15 is 0 Å². The van der Waals surface area contributed by atoms with E-state index in [-0.39, 0.29) is 0 Å². The average molecular weight is 276 g/mol. The normalized spacial score (nSPS) is 28.6. The van der Waals surface area contributed by atoms with Crippen molar-refractivity contribution in [1.29, 1.82) is 0 Å². The van der Waals surface area contributed by atoms with Gasteiger partial charge in [0.2, 0.25) is 0 Å². The summed E-state index contributed by atoms with van der Waals surface area (Å²) >= 11 is 0. The lowest BCUT2D eigenvalue weighted by Gasteiger charge is -2.32. The van der Waals surface area contributed by atoms with Crippen LogP contribution in [0.15, 0.2) is 24.3 Å². The van der Waals surface area contributed by atoms with E-state index in [0.29, 0.717) is 6.54 Å². The van der Waals surface area contributed by atoms with E-state index in [2.05, 4.69) is 4.74 Å². The van der Waals surface area contributed by atoms with Gasteiger partial charge >= 0.3 is 5.97 Å². The maximum atomic E-state index is 11.7. The highest BCUT2D eigenvalue weighted by atomic mass is 16.7. The molecule has 0 bridgehead atoms. The Bertz CT molecular complexity index is 558. The molecule has 1 aromatic rings. The monoisotopic (exact) mass is 276 g/mol. The molecule has 1 saturated heterocycles. The minimum absolute atomic E-state index is 0.506. The van der Waals surface area contributed by atoms with Gasteiger partial charge in [0.05, 0.1) is 19.1 Å². The average Bonchev–Trinajstić information content (AvgIpc) is 2.86. The summed E-state index contributed by atoms with van der Waals surface area (Å²) in [5.41, 5.74) is 1.95. The van der Waals surface area contributed by atoms with Crippen LogP contribution in [-0.2, 0) is 25.6 Å². The lowest BCUT2D eigenvalue weighted by molar-refractivity contribution is -0.313. The van der Waals surface area contributed by atoms with Gasteiger partial charge in [-0.3, -0.25) is 4.84 Å². The number of aliphatic carboxylic acids is 1. The minimum Gasteiger partial charge on any atom is -0.550 e. The van der Waals surface area contributed by atoms with Crippen molar-refractivity contribution in [2.24, 2.45) is 5.92 Å². The zero-order chi connectivity index (χ0) is 14.3. The quantitative estimate of drug-likeness (QED) is 0.674. The van der Waals surface area contributed by atoms with Crippen molar-refractivity contribution < 1.29 is 24.3 Å². The number of esters is 1. The fourth-order valence-electron chi connectivity index (χ4n) is 3.00. The van der Waals surface area contributed by atoms with Crippen molar-refractivity contribution >= 4 is 11.9 Å². The highest BCUT2D eigenvalue weighted by molar-refractivity contribution is 5.83. The number of ether oxygens (including phenoxy) is 1. The minimum atomic E-state index is -1.30. The molecule has 3 rings (SSSR count). The lowest BCUT2D eigenvalue weighted by Crippen LogP contribution is -2.43. The van der Waals surface area contributed by atoms with E-state index in [1.54, 1.807) is 5.06 Å². The van der Waals surface area contributed by atoms with Crippen molar-refractivity contribution in [2.75, 3.05) is 13.7 Å². The molecule has 0 aromatic heterocycles. The number of fused-ring (bicyclic) bond motifs is 3. The van der Waals surface area contributed by atoms with Gasteiger partial charge in [-0.25, -0.2) is 4.79 Å². The fourth-order valence-corrected chi connectivity index (χ4v) is 3.00. The number of rotatable bonds is 2. The van der Waals surface area contributed by atoms with E-state index in [4.69, 9.17) is 4.84 Å². The van der Waals surface area contributed by atoms with Crippen LogP contribution in [-0.4, -0.2) is 36.8 Å². The zero-order valence-corrected chi connectivity index (χ0v) is 10.9. The van der Waals surface area contributed by atoms with Crippen molar-refractivity contribution in [3.63, 3.8) is 0 Å². The maximum absolute atomic E-state index is 11.7.